The second-order valence-corrected chi connectivity index (χ2v) is 5.85. The van der Waals surface area contributed by atoms with Crippen molar-refractivity contribution in [3.05, 3.63) is 74.1 Å². The minimum Gasteiger partial charge on any atom is -0.402 e. The van der Waals surface area contributed by atoms with Crippen molar-refractivity contribution in [2.24, 2.45) is 4.99 Å². The molecule has 0 bridgehead atoms. The summed E-state index contributed by atoms with van der Waals surface area (Å²) in [6.07, 6.45) is 1.23. The van der Waals surface area contributed by atoms with Crippen molar-refractivity contribution >= 4 is 52.7 Å². The van der Waals surface area contributed by atoms with E-state index in [9.17, 15) is 9.18 Å². The van der Waals surface area contributed by atoms with E-state index in [4.69, 9.17) is 39.5 Å². The van der Waals surface area contributed by atoms with E-state index < -0.39 is 11.8 Å². The Bertz CT molecular complexity index is 857. The second-order valence-electron chi connectivity index (χ2n) is 4.60. The summed E-state index contributed by atoms with van der Waals surface area (Å²) in [5, 5.41) is 0.894. The Morgan fingerprint density at radius 1 is 1.09 bits per heavy atom. The van der Waals surface area contributed by atoms with Gasteiger partial charge in [-0.1, -0.05) is 40.9 Å². The summed E-state index contributed by atoms with van der Waals surface area (Å²) in [7, 11) is 0. The fourth-order valence-electron chi connectivity index (χ4n) is 1.97. The van der Waals surface area contributed by atoms with Crippen LogP contribution in [-0.4, -0.2) is 11.9 Å². The number of benzene rings is 2. The lowest BCUT2D eigenvalue weighted by Crippen LogP contribution is -2.06. The fraction of sp³-hybridized carbons (Fsp3) is 0. The Morgan fingerprint density at radius 3 is 2.57 bits per heavy atom. The second kappa shape index (κ2) is 6.32. The van der Waals surface area contributed by atoms with Crippen LogP contribution >= 0.6 is 34.8 Å². The lowest BCUT2D eigenvalue weighted by molar-refractivity contribution is -0.129. The average Bonchev–Trinajstić information content (AvgIpc) is 2.84. The van der Waals surface area contributed by atoms with Crippen molar-refractivity contribution in [3.63, 3.8) is 0 Å². The molecule has 0 spiro atoms. The molecule has 7 heteroatoms. The van der Waals surface area contributed by atoms with E-state index in [1.165, 1.54) is 30.3 Å². The number of carbonyl (C=O) groups is 1. The molecule has 3 rings (SSSR count). The van der Waals surface area contributed by atoms with Crippen molar-refractivity contribution < 1.29 is 13.9 Å². The van der Waals surface area contributed by atoms with Gasteiger partial charge in [-0.15, -0.1) is 0 Å². The molecule has 1 aliphatic rings. The normalized spacial score (nSPS) is 15.7. The van der Waals surface area contributed by atoms with Gasteiger partial charge in [-0.3, -0.25) is 0 Å². The summed E-state index contributed by atoms with van der Waals surface area (Å²) in [4.78, 5) is 16.0. The van der Waals surface area contributed by atoms with Gasteiger partial charge in [0, 0.05) is 10.6 Å². The van der Waals surface area contributed by atoms with E-state index >= 15 is 0 Å². The van der Waals surface area contributed by atoms with Crippen LogP contribution in [0.3, 0.4) is 0 Å². The minimum atomic E-state index is -0.717. The van der Waals surface area contributed by atoms with Gasteiger partial charge in [-0.25, -0.2) is 14.2 Å². The van der Waals surface area contributed by atoms with Crippen molar-refractivity contribution in [1.82, 2.24) is 0 Å². The highest BCUT2D eigenvalue weighted by molar-refractivity contribution is 6.37. The molecule has 0 N–H and O–H groups in total. The summed E-state index contributed by atoms with van der Waals surface area (Å²) in [5.74, 6) is -1.26. The number of halogens is 4. The maximum Gasteiger partial charge on any atom is 0.363 e. The quantitative estimate of drug-likeness (QED) is 0.543. The Balaban J connectivity index is 2.03. The standard InChI is InChI=1S/C16H7Cl3FNO2/c17-8-4-5-9(12(19)6-8)15-21-14(16(22)23-15)7-10-11(18)2-1-3-13(10)20/h1-7H/b14-7-. The number of esters is 1. The fourth-order valence-corrected chi connectivity index (χ4v) is 2.68. The van der Waals surface area contributed by atoms with Crippen LogP contribution in [0.1, 0.15) is 11.1 Å². The molecule has 1 heterocycles. The number of cyclic esters (lactones) is 1. The van der Waals surface area contributed by atoms with Crippen LogP contribution in [0, 0.1) is 5.82 Å². The first-order valence-corrected chi connectivity index (χ1v) is 7.51. The van der Waals surface area contributed by atoms with Gasteiger partial charge in [-0.05, 0) is 36.4 Å². The molecule has 0 unspecified atom stereocenters. The summed E-state index contributed by atoms with van der Waals surface area (Å²) in [5.41, 5.74) is 0.402. The van der Waals surface area contributed by atoms with Gasteiger partial charge in [0.25, 0.3) is 0 Å². The van der Waals surface area contributed by atoms with Gasteiger partial charge < -0.3 is 4.74 Å². The molecule has 2 aromatic rings. The first-order chi connectivity index (χ1) is 11.0. The van der Waals surface area contributed by atoms with E-state index in [0.29, 0.717) is 10.6 Å². The highest BCUT2D eigenvalue weighted by Crippen LogP contribution is 2.28. The van der Waals surface area contributed by atoms with Crippen LogP contribution < -0.4 is 0 Å². The van der Waals surface area contributed by atoms with Gasteiger partial charge in [-0.2, -0.15) is 0 Å². The maximum absolute atomic E-state index is 13.8. The van der Waals surface area contributed by atoms with E-state index in [1.54, 1.807) is 12.1 Å². The molecule has 2 aromatic carbocycles. The molecule has 0 saturated heterocycles. The summed E-state index contributed by atoms with van der Waals surface area (Å²) in [6.45, 7) is 0. The predicted molar refractivity (Wildman–Crippen MR) is 88.5 cm³/mol. The van der Waals surface area contributed by atoms with Gasteiger partial charge in [0.1, 0.15) is 5.82 Å². The van der Waals surface area contributed by atoms with Crippen LogP contribution in [0.4, 0.5) is 4.39 Å². The van der Waals surface area contributed by atoms with Gasteiger partial charge in [0.05, 0.1) is 15.6 Å². The zero-order valence-electron chi connectivity index (χ0n) is 11.3. The van der Waals surface area contributed by atoms with Crippen molar-refractivity contribution in [2.75, 3.05) is 0 Å². The summed E-state index contributed by atoms with van der Waals surface area (Å²) in [6, 6.07) is 8.89. The summed E-state index contributed by atoms with van der Waals surface area (Å²) < 4.78 is 18.9. The molecule has 0 aliphatic carbocycles. The number of aliphatic imine (C=N–C) groups is 1. The van der Waals surface area contributed by atoms with Gasteiger partial charge in [0.15, 0.2) is 5.70 Å². The molecular formula is C16H7Cl3FNO2. The molecular weight excluding hydrogens is 364 g/mol. The van der Waals surface area contributed by atoms with E-state index in [-0.39, 0.29) is 27.2 Å². The topological polar surface area (TPSA) is 38.7 Å². The van der Waals surface area contributed by atoms with Gasteiger partial charge >= 0.3 is 5.97 Å². The Morgan fingerprint density at radius 2 is 1.87 bits per heavy atom. The Hall–Kier alpha value is -1.88. The SMILES string of the molecule is O=C1OC(c2ccc(Cl)cc2Cl)=N/C1=C\c1c(F)cccc1Cl. The third-order valence-corrected chi connectivity index (χ3v) is 3.94. The molecule has 0 fully saturated rings. The molecule has 116 valence electrons. The molecule has 1 aliphatic heterocycles. The van der Waals surface area contributed by atoms with Gasteiger partial charge in [0.2, 0.25) is 5.90 Å². The van der Waals surface area contributed by atoms with E-state index in [1.807, 2.05) is 0 Å². The number of hydrogen-bond donors (Lipinski definition) is 0. The highest BCUT2D eigenvalue weighted by Gasteiger charge is 2.26. The van der Waals surface area contributed by atoms with Crippen molar-refractivity contribution in [2.45, 2.75) is 0 Å². The van der Waals surface area contributed by atoms with Crippen LogP contribution in [0.5, 0.6) is 0 Å². The molecule has 0 atom stereocenters. The third kappa shape index (κ3) is 3.24. The molecule has 0 aromatic heterocycles. The molecule has 0 saturated carbocycles. The predicted octanol–water partition coefficient (Wildman–Crippen LogP) is 5.13. The Kier molecular flexibility index (Phi) is 4.39. The van der Waals surface area contributed by atoms with Crippen LogP contribution in [0.15, 0.2) is 47.1 Å². The molecule has 0 radical (unpaired) electrons. The lowest BCUT2D eigenvalue weighted by atomic mass is 10.2. The number of carbonyl (C=O) groups excluding carboxylic acids is 1. The first-order valence-electron chi connectivity index (χ1n) is 6.37. The lowest BCUT2D eigenvalue weighted by Gasteiger charge is -2.02. The van der Waals surface area contributed by atoms with Crippen LogP contribution in [-0.2, 0) is 9.53 Å². The number of rotatable bonds is 2. The average molecular weight is 371 g/mol. The van der Waals surface area contributed by atoms with E-state index in [0.717, 1.165) is 0 Å². The minimum absolute atomic E-state index is 0.0235. The van der Waals surface area contributed by atoms with Crippen molar-refractivity contribution in [3.8, 4) is 0 Å². The summed E-state index contributed by atoms with van der Waals surface area (Å²) >= 11 is 17.8. The van der Waals surface area contributed by atoms with Crippen LogP contribution in [0.25, 0.3) is 6.08 Å². The number of nitrogens with zero attached hydrogens (tertiary/aromatic N) is 1. The third-order valence-electron chi connectivity index (χ3n) is 3.06. The van der Waals surface area contributed by atoms with Crippen molar-refractivity contribution in [1.29, 1.82) is 0 Å². The molecule has 3 nitrogen and oxygen atoms in total. The number of ether oxygens (including phenoxy) is 1. The number of hydrogen-bond acceptors (Lipinski definition) is 3. The maximum atomic E-state index is 13.8. The highest BCUT2D eigenvalue weighted by atomic mass is 35.5. The van der Waals surface area contributed by atoms with E-state index in [2.05, 4.69) is 4.99 Å². The Labute approximate surface area is 145 Å². The zero-order valence-corrected chi connectivity index (χ0v) is 13.6. The molecule has 23 heavy (non-hydrogen) atoms. The zero-order chi connectivity index (χ0) is 16.6. The van der Waals surface area contributed by atoms with Crippen LogP contribution in [0.2, 0.25) is 15.1 Å². The first kappa shape index (κ1) is 16.0. The molecule has 0 amide bonds. The smallest absolute Gasteiger partial charge is 0.363 e. The largest absolute Gasteiger partial charge is 0.402 e. The monoisotopic (exact) mass is 369 g/mol.